The summed E-state index contributed by atoms with van der Waals surface area (Å²) in [5, 5.41) is 3.23. The number of aryl methyl sites for hydroxylation is 1. The van der Waals surface area contributed by atoms with Gasteiger partial charge >= 0.3 is 5.97 Å². The molecule has 0 aliphatic rings. The van der Waals surface area contributed by atoms with Crippen LogP contribution in [0.3, 0.4) is 0 Å². The number of esters is 1. The van der Waals surface area contributed by atoms with Gasteiger partial charge in [-0.05, 0) is 50.2 Å². The average molecular weight is 362 g/mol. The van der Waals surface area contributed by atoms with E-state index in [9.17, 15) is 9.59 Å². The minimum Gasteiger partial charge on any atom is -0.493 e. The fourth-order valence-electron chi connectivity index (χ4n) is 1.97. The quantitative estimate of drug-likeness (QED) is 0.757. The number of hydrogen-bond donors (Lipinski definition) is 1. The van der Waals surface area contributed by atoms with Crippen molar-refractivity contribution < 1.29 is 19.1 Å². The molecule has 132 valence electrons. The zero-order valence-electron chi connectivity index (χ0n) is 14.1. The van der Waals surface area contributed by atoms with Crippen LogP contribution >= 0.6 is 11.6 Å². The predicted molar refractivity (Wildman–Crippen MR) is 96.9 cm³/mol. The van der Waals surface area contributed by atoms with Crippen LogP contribution < -0.4 is 10.1 Å². The van der Waals surface area contributed by atoms with Crippen molar-refractivity contribution in [2.75, 3.05) is 11.9 Å². The largest absolute Gasteiger partial charge is 0.493 e. The van der Waals surface area contributed by atoms with Crippen LogP contribution in [-0.2, 0) is 14.3 Å². The molecule has 0 saturated heterocycles. The molecule has 0 aliphatic heterocycles. The second-order valence-electron chi connectivity index (χ2n) is 5.54. The van der Waals surface area contributed by atoms with Gasteiger partial charge < -0.3 is 14.8 Å². The molecular formula is C19H20ClNO4. The van der Waals surface area contributed by atoms with Crippen LogP contribution in [0.25, 0.3) is 0 Å². The molecule has 0 radical (unpaired) electrons. The molecule has 1 amide bonds. The molecule has 0 bridgehead atoms. The van der Waals surface area contributed by atoms with Gasteiger partial charge in [0, 0.05) is 10.7 Å². The lowest BCUT2D eigenvalue weighted by atomic mass is 10.2. The Balaban J connectivity index is 1.72. The van der Waals surface area contributed by atoms with Crippen LogP contribution in [0.1, 0.15) is 18.9 Å². The maximum atomic E-state index is 12.0. The van der Waals surface area contributed by atoms with E-state index in [2.05, 4.69) is 5.32 Å². The van der Waals surface area contributed by atoms with E-state index in [0.717, 1.165) is 5.56 Å². The molecule has 2 rings (SSSR count). The summed E-state index contributed by atoms with van der Waals surface area (Å²) in [6.07, 6.45) is -0.838. The maximum Gasteiger partial charge on any atom is 0.310 e. The van der Waals surface area contributed by atoms with Gasteiger partial charge in [0.2, 0.25) is 0 Å². The minimum atomic E-state index is -0.900. The zero-order chi connectivity index (χ0) is 18.2. The second kappa shape index (κ2) is 9.08. The van der Waals surface area contributed by atoms with E-state index in [-0.39, 0.29) is 13.0 Å². The molecule has 1 atom stereocenters. The summed E-state index contributed by atoms with van der Waals surface area (Å²) in [4.78, 5) is 23.8. The van der Waals surface area contributed by atoms with Crippen molar-refractivity contribution in [3.63, 3.8) is 0 Å². The van der Waals surface area contributed by atoms with Gasteiger partial charge in [-0.15, -0.1) is 0 Å². The first-order valence-electron chi connectivity index (χ1n) is 7.89. The van der Waals surface area contributed by atoms with Crippen molar-refractivity contribution in [2.24, 2.45) is 0 Å². The third-order valence-corrected chi connectivity index (χ3v) is 3.64. The highest BCUT2D eigenvalue weighted by Crippen LogP contribution is 2.14. The van der Waals surface area contributed by atoms with Crippen LogP contribution in [0.4, 0.5) is 5.69 Å². The topological polar surface area (TPSA) is 64.6 Å². The molecule has 0 saturated carbocycles. The monoisotopic (exact) mass is 361 g/mol. The third kappa shape index (κ3) is 6.47. The lowest BCUT2D eigenvalue weighted by molar-refractivity contribution is -0.153. The molecule has 2 aromatic rings. The van der Waals surface area contributed by atoms with Gasteiger partial charge in [-0.1, -0.05) is 29.3 Å². The Kier molecular flexibility index (Phi) is 6.83. The van der Waals surface area contributed by atoms with Crippen LogP contribution in [0, 0.1) is 6.92 Å². The number of halogens is 1. The van der Waals surface area contributed by atoms with E-state index in [1.165, 1.54) is 6.92 Å². The number of rotatable bonds is 7. The summed E-state index contributed by atoms with van der Waals surface area (Å²) in [5.74, 6) is -0.215. The number of anilines is 1. The second-order valence-corrected chi connectivity index (χ2v) is 5.98. The predicted octanol–water partition coefficient (Wildman–Crippen LogP) is 3.99. The molecule has 0 aromatic heterocycles. The molecule has 2 aromatic carbocycles. The van der Waals surface area contributed by atoms with E-state index in [1.54, 1.807) is 24.3 Å². The van der Waals surface area contributed by atoms with E-state index in [1.807, 2.05) is 31.2 Å². The van der Waals surface area contributed by atoms with Gasteiger partial charge in [-0.3, -0.25) is 9.59 Å². The molecule has 0 spiro atoms. The third-order valence-electron chi connectivity index (χ3n) is 3.39. The summed E-state index contributed by atoms with van der Waals surface area (Å²) < 4.78 is 10.6. The Labute approximate surface area is 151 Å². The van der Waals surface area contributed by atoms with Crippen LogP contribution in [0.5, 0.6) is 5.75 Å². The maximum absolute atomic E-state index is 12.0. The first kappa shape index (κ1) is 18.8. The lowest BCUT2D eigenvalue weighted by Gasteiger charge is -2.14. The fourth-order valence-corrected chi connectivity index (χ4v) is 2.10. The van der Waals surface area contributed by atoms with Gasteiger partial charge in [0.05, 0.1) is 13.0 Å². The highest BCUT2D eigenvalue weighted by molar-refractivity contribution is 6.30. The van der Waals surface area contributed by atoms with Gasteiger partial charge in [-0.25, -0.2) is 0 Å². The summed E-state index contributed by atoms with van der Waals surface area (Å²) in [5.41, 5.74) is 1.72. The molecule has 0 aliphatic carbocycles. The molecule has 0 heterocycles. The SMILES string of the molecule is Cc1ccc(OCCC(=O)OC(C)C(=O)Nc2ccc(Cl)cc2)cc1. The summed E-state index contributed by atoms with van der Waals surface area (Å²) in [6.45, 7) is 3.69. The first-order chi connectivity index (χ1) is 11.9. The van der Waals surface area contributed by atoms with Gasteiger partial charge in [0.1, 0.15) is 5.75 Å². The normalized spacial score (nSPS) is 11.5. The van der Waals surface area contributed by atoms with Crippen LogP contribution in [0.2, 0.25) is 5.02 Å². The number of carbonyl (C=O) groups excluding carboxylic acids is 2. The molecular weight excluding hydrogens is 342 g/mol. The molecule has 1 unspecified atom stereocenters. The Morgan fingerprint density at radius 3 is 2.36 bits per heavy atom. The average Bonchev–Trinajstić information content (AvgIpc) is 2.58. The van der Waals surface area contributed by atoms with Gasteiger partial charge in [0.25, 0.3) is 5.91 Å². The van der Waals surface area contributed by atoms with E-state index in [4.69, 9.17) is 21.1 Å². The van der Waals surface area contributed by atoms with Crippen molar-refractivity contribution in [3.05, 3.63) is 59.1 Å². The first-order valence-corrected chi connectivity index (χ1v) is 8.27. The number of hydrogen-bond acceptors (Lipinski definition) is 4. The van der Waals surface area contributed by atoms with E-state index < -0.39 is 18.0 Å². The Hall–Kier alpha value is -2.53. The molecule has 1 N–H and O–H groups in total. The highest BCUT2D eigenvalue weighted by atomic mass is 35.5. The Bertz CT molecular complexity index is 713. The van der Waals surface area contributed by atoms with E-state index in [0.29, 0.717) is 16.5 Å². The number of amides is 1. The van der Waals surface area contributed by atoms with Crippen molar-refractivity contribution in [1.29, 1.82) is 0 Å². The van der Waals surface area contributed by atoms with Crippen molar-refractivity contribution in [2.45, 2.75) is 26.4 Å². The standard InChI is InChI=1S/C19H20ClNO4/c1-13-3-9-17(10-4-13)24-12-11-18(22)25-14(2)19(23)21-16-7-5-15(20)6-8-16/h3-10,14H,11-12H2,1-2H3,(H,21,23). The van der Waals surface area contributed by atoms with Crippen molar-refractivity contribution >= 4 is 29.2 Å². The fraction of sp³-hybridized carbons (Fsp3) is 0.263. The Morgan fingerprint density at radius 1 is 1.08 bits per heavy atom. The number of ether oxygens (including phenoxy) is 2. The minimum absolute atomic E-state index is 0.0619. The van der Waals surface area contributed by atoms with Crippen molar-refractivity contribution in [1.82, 2.24) is 0 Å². The molecule has 6 heteroatoms. The van der Waals surface area contributed by atoms with E-state index >= 15 is 0 Å². The van der Waals surface area contributed by atoms with Gasteiger partial charge in [-0.2, -0.15) is 0 Å². The molecule has 5 nitrogen and oxygen atoms in total. The summed E-state index contributed by atoms with van der Waals surface area (Å²) >= 11 is 5.79. The van der Waals surface area contributed by atoms with Gasteiger partial charge in [0.15, 0.2) is 6.10 Å². The van der Waals surface area contributed by atoms with Crippen molar-refractivity contribution in [3.8, 4) is 5.75 Å². The highest BCUT2D eigenvalue weighted by Gasteiger charge is 2.17. The zero-order valence-corrected chi connectivity index (χ0v) is 14.9. The smallest absolute Gasteiger partial charge is 0.310 e. The van der Waals surface area contributed by atoms with Crippen LogP contribution in [0.15, 0.2) is 48.5 Å². The number of nitrogens with one attached hydrogen (secondary N) is 1. The summed E-state index contributed by atoms with van der Waals surface area (Å²) in [7, 11) is 0. The number of carbonyl (C=O) groups is 2. The summed E-state index contributed by atoms with van der Waals surface area (Å²) in [6, 6.07) is 14.2. The lowest BCUT2D eigenvalue weighted by Crippen LogP contribution is -2.30. The Morgan fingerprint density at radius 2 is 1.72 bits per heavy atom. The molecule has 0 fully saturated rings. The molecule has 25 heavy (non-hydrogen) atoms. The number of benzene rings is 2. The van der Waals surface area contributed by atoms with Crippen LogP contribution in [-0.4, -0.2) is 24.6 Å².